The van der Waals surface area contributed by atoms with E-state index in [1.54, 1.807) is 6.92 Å². The summed E-state index contributed by atoms with van der Waals surface area (Å²) in [5.41, 5.74) is 0.523. The topological polar surface area (TPSA) is 58.9 Å². The molecule has 0 fully saturated rings. The molecular weight excluding hydrogens is 322 g/mol. The Balaban J connectivity index is 3.67. The molecule has 0 amide bonds. The molecule has 4 nitrogen and oxygen atoms in total. The highest BCUT2D eigenvalue weighted by atomic mass is 35.5. The van der Waals surface area contributed by atoms with Gasteiger partial charge in [-0.15, -0.1) is 0 Å². The molecule has 0 N–H and O–H groups in total. The minimum Gasteiger partial charge on any atom is -0.211 e. The third kappa shape index (κ3) is 2.76. The Kier molecular flexibility index (Phi) is 4.94. The number of nitrogens with zero attached hydrogens (tertiary/aromatic N) is 2. The summed E-state index contributed by atoms with van der Waals surface area (Å²) in [4.78, 5) is 27.1. The summed E-state index contributed by atoms with van der Waals surface area (Å²) >= 11 is 23.7. The number of carbonyl (C=O) groups excluding carboxylic acids is 2. The Hall–Kier alpha value is -0.860. The van der Waals surface area contributed by atoms with E-state index in [1.165, 1.54) is 18.2 Å². The van der Waals surface area contributed by atoms with E-state index in [2.05, 4.69) is 9.98 Å². The molecule has 1 rings (SSSR count). The van der Waals surface area contributed by atoms with E-state index in [0.717, 1.165) is 0 Å². The number of alkyl halides is 1. The molecule has 0 heterocycles. The van der Waals surface area contributed by atoms with E-state index in [4.69, 9.17) is 46.4 Å². The van der Waals surface area contributed by atoms with Crippen molar-refractivity contribution in [3.63, 3.8) is 0 Å². The van der Waals surface area contributed by atoms with E-state index < -0.39 is 5.12 Å². The Morgan fingerprint density at radius 2 is 1.61 bits per heavy atom. The number of rotatable bonds is 3. The third-order valence-electron chi connectivity index (χ3n) is 2.12. The van der Waals surface area contributed by atoms with E-state index in [9.17, 15) is 9.59 Å². The Labute approximate surface area is 122 Å². The number of isocyanates is 2. The summed E-state index contributed by atoms with van der Waals surface area (Å²) in [6, 6.07) is 1.32. The lowest BCUT2D eigenvalue weighted by molar-refractivity contribution is 0.543. The van der Waals surface area contributed by atoms with Crippen molar-refractivity contribution in [3.8, 4) is 0 Å². The standard InChI is InChI=1S/C10H4Cl4N2O2/c1-5-7(11)2-6(9(13)8(5)12)10(14,15-3-17)16-4-18/h2H,1H3. The molecule has 1 aromatic rings. The van der Waals surface area contributed by atoms with Gasteiger partial charge < -0.3 is 0 Å². The fourth-order valence-corrected chi connectivity index (χ4v) is 2.23. The van der Waals surface area contributed by atoms with Gasteiger partial charge in [0.15, 0.2) is 0 Å². The lowest BCUT2D eigenvalue weighted by atomic mass is 10.1. The predicted octanol–water partition coefficient (Wildman–Crippen LogP) is 3.98. The van der Waals surface area contributed by atoms with Crippen LogP contribution in [0.3, 0.4) is 0 Å². The summed E-state index contributed by atoms with van der Waals surface area (Å²) in [5, 5.41) is -1.70. The van der Waals surface area contributed by atoms with Crippen molar-refractivity contribution in [1.29, 1.82) is 0 Å². The Morgan fingerprint density at radius 3 is 2.06 bits per heavy atom. The number of hydrogen-bond donors (Lipinski definition) is 0. The second-order valence-corrected chi connectivity index (χ2v) is 4.84. The van der Waals surface area contributed by atoms with Crippen LogP contribution in [0.25, 0.3) is 0 Å². The van der Waals surface area contributed by atoms with E-state index in [0.29, 0.717) is 5.56 Å². The van der Waals surface area contributed by atoms with Crippen LogP contribution in [0.5, 0.6) is 0 Å². The molecule has 0 spiro atoms. The van der Waals surface area contributed by atoms with Gasteiger partial charge in [-0.1, -0.05) is 46.4 Å². The predicted molar refractivity (Wildman–Crippen MR) is 70.0 cm³/mol. The second kappa shape index (κ2) is 5.85. The number of halogens is 4. The van der Waals surface area contributed by atoms with Crippen molar-refractivity contribution in [2.45, 2.75) is 12.0 Å². The van der Waals surface area contributed by atoms with Gasteiger partial charge in [0.05, 0.1) is 10.0 Å². The summed E-state index contributed by atoms with van der Waals surface area (Å²) in [7, 11) is 0. The molecule has 0 aliphatic heterocycles. The molecule has 0 atom stereocenters. The molecule has 8 heteroatoms. The van der Waals surface area contributed by atoms with Crippen molar-refractivity contribution in [3.05, 3.63) is 32.3 Å². The average Bonchev–Trinajstić information content (AvgIpc) is 2.31. The molecule has 18 heavy (non-hydrogen) atoms. The van der Waals surface area contributed by atoms with Gasteiger partial charge in [0, 0.05) is 10.6 Å². The summed E-state index contributed by atoms with van der Waals surface area (Å²) in [6.07, 6.45) is 2.40. The first kappa shape index (κ1) is 15.2. The van der Waals surface area contributed by atoms with Crippen LogP contribution in [0.1, 0.15) is 11.1 Å². The van der Waals surface area contributed by atoms with Crippen LogP contribution >= 0.6 is 46.4 Å². The lowest BCUT2D eigenvalue weighted by Gasteiger charge is -2.18. The normalized spacial score (nSPS) is 13.2. The van der Waals surface area contributed by atoms with Crippen molar-refractivity contribution < 1.29 is 9.59 Å². The van der Waals surface area contributed by atoms with Gasteiger partial charge in [0.25, 0.3) is 5.12 Å². The fourth-order valence-electron chi connectivity index (χ4n) is 1.18. The van der Waals surface area contributed by atoms with Crippen LogP contribution in [0.4, 0.5) is 0 Å². The van der Waals surface area contributed by atoms with Crippen LogP contribution < -0.4 is 0 Å². The smallest absolute Gasteiger partial charge is 0.211 e. The molecule has 0 unspecified atom stereocenters. The van der Waals surface area contributed by atoms with Gasteiger partial charge >= 0.3 is 0 Å². The minimum absolute atomic E-state index is 0.00173. The molecule has 94 valence electrons. The molecule has 0 saturated heterocycles. The first-order valence-corrected chi connectivity index (χ1v) is 5.90. The van der Waals surface area contributed by atoms with Gasteiger partial charge in [-0.3, -0.25) is 0 Å². The third-order valence-corrected chi connectivity index (χ3v) is 3.85. The van der Waals surface area contributed by atoms with E-state index >= 15 is 0 Å². The zero-order chi connectivity index (χ0) is 13.9. The molecule has 0 bridgehead atoms. The minimum atomic E-state index is -2.07. The lowest BCUT2D eigenvalue weighted by Crippen LogP contribution is -2.13. The maximum atomic E-state index is 10.3. The zero-order valence-corrected chi connectivity index (χ0v) is 11.8. The zero-order valence-electron chi connectivity index (χ0n) is 8.80. The highest BCUT2D eigenvalue weighted by molar-refractivity contribution is 6.45. The quantitative estimate of drug-likeness (QED) is 0.277. The SMILES string of the molecule is Cc1c(Cl)cc(C(Cl)(N=C=O)N=C=O)c(Cl)c1Cl. The van der Waals surface area contributed by atoms with Crippen molar-refractivity contribution in [2.24, 2.45) is 9.98 Å². The molecule has 0 aliphatic rings. The largest absolute Gasteiger partial charge is 0.275 e. The number of aliphatic imine (C=N–C) groups is 2. The summed E-state index contributed by atoms with van der Waals surface area (Å²) in [5.74, 6) is 0. The van der Waals surface area contributed by atoms with Crippen molar-refractivity contribution in [2.75, 3.05) is 0 Å². The van der Waals surface area contributed by atoms with Crippen LogP contribution in [0.15, 0.2) is 16.1 Å². The maximum absolute atomic E-state index is 10.3. The molecular formula is C10H4Cl4N2O2. The second-order valence-electron chi connectivity index (χ2n) is 3.15. The van der Waals surface area contributed by atoms with Crippen LogP contribution in [-0.4, -0.2) is 12.2 Å². The van der Waals surface area contributed by atoms with E-state index in [1.807, 2.05) is 0 Å². The molecule has 0 radical (unpaired) electrons. The monoisotopic (exact) mass is 324 g/mol. The fraction of sp³-hybridized carbons (Fsp3) is 0.200. The van der Waals surface area contributed by atoms with E-state index in [-0.39, 0.29) is 20.6 Å². The molecule has 0 aromatic heterocycles. The summed E-state index contributed by atoms with van der Waals surface area (Å²) in [6.45, 7) is 1.64. The van der Waals surface area contributed by atoms with Crippen molar-refractivity contribution >= 4 is 58.6 Å². The number of benzene rings is 1. The van der Waals surface area contributed by atoms with Gasteiger partial charge in [-0.05, 0) is 18.6 Å². The number of hydrogen-bond acceptors (Lipinski definition) is 4. The van der Waals surface area contributed by atoms with Gasteiger partial charge in [0.1, 0.15) is 0 Å². The van der Waals surface area contributed by atoms with Crippen LogP contribution in [0.2, 0.25) is 15.1 Å². The molecule has 0 aliphatic carbocycles. The maximum Gasteiger partial charge on any atom is 0.275 e. The van der Waals surface area contributed by atoms with Crippen LogP contribution in [-0.2, 0) is 14.7 Å². The van der Waals surface area contributed by atoms with Crippen LogP contribution in [0, 0.1) is 6.92 Å². The highest BCUT2D eigenvalue weighted by Crippen LogP contribution is 2.43. The molecule has 0 saturated carbocycles. The summed E-state index contributed by atoms with van der Waals surface area (Å²) < 4.78 is 0. The van der Waals surface area contributed by atoms with Crippen molar-refractivity contribution in [1.82, 2.24) is 0 Å². The van der Waals surface area contributed by atoms with Gasteiger partial charge in [0.2, 0.25) is 12.2 Å². The Bertz CT molecular complexity index is 572. The molecule has 1 aromatic carbocycles. The van der Waals surface area contributed by atoms with Gasteiger partial charge in [-0.2, -0.15) is 9.98 Å². The first-order chi connectivity index (χ1) is 8.37. The average molecular weight is 326 g/mol. The highest BCUT2D eigenvalue weighted by Gasteiger charge is 2.33. The Morgan fingerprint density at radius 1 is 1.11 bits per heavy atom. The first-order valence-electron chi connectivity index (χ1n) is 4.39. The van der Waals surface area contributed by atoms with Gasteiger partial charge in [-0.25, -0.2) is 9.59 Å².